The first kappa shape index (κ1) is 13.7. The van der Waals surface area contributed by atoms with Gasteiger partial charge < -0.3 is 10.5 Å². The van der Waals surface area contributed by atoms with Crippen molar-refractivity contribution in [1.82, 2.24) is 9.78 Å². The summed E-state index contributed by atoms with van der Waals surface area (Å²) < 4.78 is 6.82. The molecule has 0 spiro atoms. The second-order valence-corrected chi connectivity index (χ2v) is 4.17. The third-order valence-electron chi connectivity index (χ3n) is 2.65. The normalized spacial score (nSPS) is 12.5. The van der Waals surface area contributed by atoms with Gasteiger partial charge in [-0.1, -0.05) is 0 Å². The summed E-state index contributed by atoms with van der Waals surface area (Å²) in [5, 5.41) is 4.12. The van der Waals surface area contributed by atoms with Crippen LogP contribution >= 0.6 is 0 Å². The Balaban J connectivity index is 2.70. The van der Waals surface area contributed by atoms with Crippen LogP contribution in [-0.2, 0) is 6.54 Å². The molecule has 1 rings (SSSR count). The number of nitrogens with two attached hydrogens (primary N) is 1. The van der Waals surface area contributed by atoms with E-state index >= 15 is 0 Å². The SMILES string of the molecule is CCn1ncc(OC)c1C(=O)CCCC(C)N. The van der Waals surface area contributed by atoms with Crippen molar-refractivity contribution in [3.63, 3.8) is 0 Å². The van der Waals surface area contributed by atoms with Crippen molar-refractivity contribution in [3.8, 4) is 5.75 Å². The lowest BCUT2D eigenvalue weighted by Crippen LogP contribution is -2.16. The summed E-state index contributed by atoms with van der Waals surface area (Å²) in [5.41, 5.74) is 6.23. The molecule has 5 heteroatoms. The molecule has 0 aliphatic carbocycles. The van der Waals surface area contributed by atoms with Crippen molar-refractivity contribution in [2.24, 2.45) is 5.73 Å². The number of Topliss-reactive ketones (excluding diaryl/α,β-unsaturated/α-hetero) is 1. The van der Waals surface area contributed by atoms with Crippen molar-refractivity contribution in [2.75, 3.05) is 7.11 Å². The molecule has 0 aromatic carbocycles. The van der Waals surface area contributed by atoms with Gasteiger partial charge in [0.25, 0.3) is 0 Å². The lowest BCUT2D eigenvalue weighted by molar-refractivity contribution is 0.0965. The molecule has 5 nitrogen and oxygen atoms in total. The van der Waals surface area contributed by atoms with E-state index in [0.29, 0.717) is 24.4 Å². The number of rotatable bonds is 7. The molecule has 0 amide bonds. The lowest BCUT2D eigenvalue weighted by Gasteiger charge is -2.07. The first-order chi connectivity index (χ1) is 8.10. The topological polar surface area (TPSA) is 70.1 Å². The van der Waals surface area contributed by atoms with E-state index in [4.69, 9.17) is 10.5 Å². The molecular weight excluding hydrogens is 218 g/mol. The van der Waals surface area contributed by atoms with E-state index < -0.39 is 0 Å². The molecule has 1 heterocycles. The summed E-state index contributed by atoms with van der Waals surface area (Å²) in [7, 11) is 1.55. The lowest BCUT2D eigenvalue weighted by atomic mass is 10.1. The minimum absolute atomic E-state index is 0.0712. The predicted octanol–water partition coefficient (Wildman–Crippen LogP) is 1.61. The molecule has 96 valence electrons. The second kappa shape index (κ2) is 6.39. The monoisotopic (exact) mass is 239 g/mol. The molecule has 1 atom stereocenters. The number of carbonyl (C=O) groups excluding carboxylic acids is 1. The van der Waals surface area contributed by atoms with Crippen molar-refractivity contribution in [1.29, 1.82) is 0 Å². The summed E-state index contributed by atoms with van der Waals surface area (Å²) in [6.07, 6.45) is 3.73. The van der Waals surface area contributed by atoms with E-state index in [9.17, 15) is 4.79 Å². The van der Waals surface area contributed by atoms with Gasteiger partial charge >= 0.3 is 0 Å². The fourth-order valence-electron chi connectivity index (χ4n) is 1.74. The molecule has 1 aromatic heterocycles. The zero-order valence-corrected chi connectivity index (χ0v) is 10.8. The van der Waals surface area contributed by atoms with Gasteiger partial charge in [-0.05, 0) is 26.7 Å². The van der Waals surface area contributed by atoms with Gasteiger partial charge in [0.2, 0.25) is 0 Å². The first-order valence-corrected chi connectivity index (χ1v) is 5.98. The molecule has 17 heavy (non-hydrogen) atoms. The standard InChI is InChI=1S/C12H21N3O2/c1-4-15-12(11(17-3)8-14-15)10(16)7-5-6-9(2)13/h8-9H,4-7,13H2,1-3H3. The van der Waals surface area contributed by atoms with Crippen molar-refractivity contribution < 1.29 is 9.53 Å². The summed E-state index contributed by atoms with van der Waals surface area (Å²) in [6.45, 7) is 4.56. The molecule has 0 saturated heterocycles. The third-order valence-corrected chi connectivity index (χ3v) is 2.65. The van der Waals surface area contributed by atoms with Gasteiger partial charge in [-0.2, -0.15) is 5.10 Å². The fraction of sp³-hybridized carbons (Fsp3) is 0.667. The van der Waals surface area contributed by atoms with Gasteiger partial charge in [-0.3, -0.25) is 9.48 Å². The summed E-state index contributed by atoms with van der Waals surface area (Å²) in [4.78, 5) is 12.1. The van der Waals surface area contributed by atoms with Crippen LogP contribution in [-0.4, -0.2) is 28.7 Å². The zero-order chi connectivity index (χ0) is 12.8. The van der Waals surface area contributed by atoms with Crippen LogP contribution in [0.5, 0.6) is 5.75 Å². The Morgan fingerprint density at radius 3 is 2.88 bits per heavy atom. The summed E-state index contributed by atoms with van der Waals surface area (Å²) in [5.74, 6) is 0.625. The van der Waals surface area contributed by atoms with E-state index in [0.717, 1.165) is 12.8 Å². The summed E-state index contributed by atoms with van der Waals surface area (Å²) >= 11 is 0. The Labute approximate surface area is 102 Å². The Morgan fingerprint density at radius 1 is 1.65 bits per heavy atom. The predicted molar refractivity (Wildman–Crippen MR) is 66.3 cm³/mol. The molecule has 0 aliphatic heterocycles. The number of hydrogen-bond donors (Lipinski definition) is 1. The van der Waals surface area contributed by atoms with Crippen LogP contribution < -0.4 is 10.5 Å². The van der Waals surface area contributed by atoms with Crippen LogP contribution in [0, 0.1) is 0 Å². The maximum atomic E-state index is 12.1. The maximum absolute atomic E-state index is 12.1. The number of aryl methyl sites for hydroxylation is 1. The van der Waals surface area contributed by atoms with Crippen LogP contribution in [0.3, 0.4) is 0 Å². The van der Waals surface area contributed by atoms with E-state index in [1.165, 1.54) is 0 Å². The fourth-order valence-corrected chi connectivity index (χ4v) is 1.74. The maximum Gasteiger partial charge on any atom is 0.184 e. The highest BCUT2D eigenvalue weighted by atomic mass is 16.5. The van der Waals surface area contributed by atoms with Crippen LogP contribution in [0.2, 0.25) is 0 Å². The Hall–Kier alpha value is -1.36. The summed E-state index contributed by atoms with van der Waals surface area (Å²) in [6, 6.07) is 0.140. The number of hydrogen-bond acceptors (Lipinski definition) is 4. The van der Waals surface area contributed by atoms with Crippen molar-refractivity contribution in [3.05, 3.63) is 11.9 Å². The number of ether oxygens (including phenoxy) is 1. The van der Waals surface area contributed by atoms with E-state index in [2.05, 4.69) is 5.10 Å². The van der Waals surface area contributed by atoms with Crippen LogP contribution in [0.1, 0.15) is 43.6 Å². The minimum Gasteiger partial charge on any atom is -0.493 e. The smallest absolute Gasteiger partial charge is 0.184 e. The zero-order valence-electron chi connectivity index (χ0n) is 10.8. The van der Waals surface area contributed by atoms with Crippen LogP contribution in [0.15, 0.2) is 6.20 Å². The number of aromatic nitrogens is 2. The van der Waals surface area contributed by atoms with Gasteiger partial charge in [0, 0.05) is 19.0 Å². The molecule has 0 saturated carbocycles. The van der Waals surface area contributed by atoms with Crippen molar-refractivity contribution in [2.45, 2.75) is 45.7 Å². The Bertz CT molecular complexity index is 350. The molecule has 0 fully saturated rings. The van der Waals surface area contributed by atoms with Crippen molar-refractivity contribution >= 4 is 5.78 Å². The largest absolute Gasteiger partial charge is 0.493 e. The van der Waals surface area contributed by atoms with Gasteiger partial charge in [0.15, 0.2) is 11.5 Å². The number of ketones is 1. The van der Waals surface area contributed by atoms with Gasteiger partial charge in [-0.15, -0.1) is 0 Å². The highest BCUT2D eigenvalue weighted by molar-refractivity contribution is 5.96. The quantitative estimate of drug-likeness (QED) is 0.734. The third kappa shape index (κ3) is 3.56. The van der Waals surface area contributed by atoms with Gasteiger partial charge in [-0.25, -0.2) is 0 Å². The molecule has 0 bridgehead atoms. The molecule has 0 aliphatic rings. The van der Waals surface area contributed by atoms with Gasteiger partial charge in [0.05, 0.1) is 13.3 Å². The number of carbonyl (C=O) groups is 1. The first-order valence-electron chi connectivity index (χ1n) is 5.98. The number of nitrogens with zero attached hydrogens (tertiary/aromatic N) is 2. The molecule has 1 aromatic rings. The minimum atomic E-state index is 0.0712. The van der Waals surface area contributed by atoms with Crippen LogP contribution in [0.4, 0.5) is 0 Å². The second-order valence-electron chi connectivity index (χ2n) is 4.17. The molecule has 2 N–H and O–H groups in total. The Morgan fingerprint density at radius 2 is 2.35 bits per heavy atom. The van der Waals surface area contributed by atoms with E-state index in [1.807, 2.05) is 13.8 Å². The van der Waals surface area contributed by atoms with E-state index in [1.54, 1.807) is 18.0 Å². The van der Waals surface area contributed by atoms with E-state index in [-0.39, 0.29) is 11.8 Å². The average molecular weight is 239 g/mol. The van der Waals surface area contributed by atoms with Gasteiger partial charge in [0.1, 0.15) is 5.69 Å². The molecular formula is C12H21N3O2. The molecule has 0 radical (unpaired) electrons. The highest BCUT2D eigenvalue weighted by Gasteiger charge is 2.18. The molecule has 1 unspecified atom stereocenters. The average Bonchev–Trinajstić information content (AvgIpc) is 2.70. The number of methoxy groups -OCH3 is 1. The highest BCUT2D eigenvalue weighted by Crippen LogP contribution is 2.20. The van der Waals surface area contributed by atoms with Crippen LogP contribution in [0.25, 0.3) is 0 Å². The Kier molecular flexibility index (Phi) is 5.15.